The third-order valence-electron chi connectivity index (χ3n) is 5.83. The van der Waals surface area contributed by atoms with Crippen molar-refractivity contribution in [2.75, 3.05) is 13.1 Å². The molecule has 3 saturated heterocycles. The van der Waals surface area contributed by atoms with E-state index >= 15 is 0 Å². The molecule has 0 aliphatic carbocycles. The van der Waals surface area contributed by atoms with Crippen molar-refractivity contribution in [1.29, 1.82) is 0 Å². The lowest BCUT2D eigenvalue weighted by Crippen LogP contribution is -2.55. The lowest BCUT2D eigenvalue weighted by Gasteiger charge is -2.51. The average molecular weight is 333 g/mol. The number of aliphatic hydroxyl groups excluding tert-OH is 1. The van der Waals surface area contributed by atoms with Crippen LogP contribution in [0.4, 0.5) is 0 Å². The Hall–Kier alpha value is -1.16. The maximum atomic E-state index is 11.1. The van der Waals surface area contributed by atoms with E-state index in [2.05, 4.69) is 22.9 Å². The lowest BCUT2D eigenvalue weighted by atomic mass is 9.72. The van der Waals surface area contributed by atoms with Crippen molar-refractivity contribution in [3.05, 3.63) is 42.1 Å². The quantitative estimate of drug-likeness (QED) is 0.928. The van der Waals surface area contributed by atoms with Gasteiger partial charge in [0.05, 0.1) is 11.6 Å². The summed E-state index contributed by atoms with van der Waals surface area (Å²) in [7, 11) is 0. The van der Waals surface area contributed by atoms with Crippen LogP contribution in [0, 0.1) is 11.8 Å². The minimum atomic E-state index is -0.409. The molecule has 4 heteroatoms. The zero-order valence-corrected chi connectivity index (χ0v) is 14.4. The molecular weight excluding hydrogens is 308 g/mol. The van der Waals surface area contributed by atoms with Crippen LogP contribution in [0.25, 0.3) is 10.9 Å². The van der Waals surface area contributed by atoms with Gasteiger partial charge < -0.3 is 5.11 Å². The van der Waals surface area contributed by atoms with E-state index in [9.17, 15) is 5.11 Å². The molecule has 1 unspecified atom stereocenters. The molecule has 0 radical (unpaired) electrons. The average Bonchev–Trinajstić information content (AvgIpc) is 2.60. The molecule has 0 saturated carbocycles. The zero-order chi connectivity index (χ0) is 15.1. The topological polar surface area (TPSA) is 36.4 Å². The molecule has 1 aromatic carbocycles. The predicted octanol–water partition coefficient (Wildman–Crippen LogP) is 3.81. The number of piperidine rings is 3. The molecule has 23 heavy (non-hydrogen) atoms. The predicted molar refractivity (Wildman–Crippen MR) is 95.8 cm³/mol. The number of rotatable bonds is 3. The minimum absolute atomic E-state index is 0. The van der Waals surface area contributed by atoms with Gasteiger partial charge in [-0.25, -0.2) is 0 Å². The fourth-order valence-corrected chi connectivity index (χ4v) is 4.55. The first-order valence-corrected chi connectivity index (χ1v) is 8.53. The van der Waals surface area contributed by atoms with Crippen LogP contribution < -0.4 is 0 Å². The maximum absolute atomic E-state index is 11.1. The van der Waals surface area contributed by atoms with Crippen LogP contribution in [0.5, 0.6) is 0 Å². The Morgan fingerprint density at radius 1 is 1.30 bits per heavy atom. The van der Waals surface area contributed by atoms with Crippen LogP contribution in [0.1, 0.15) is 37.9 Å². The van der Waals surface area contributed by atoms with Gasteiger partial charge in [-0.1, -0.05) is 31.5 Å². The molecule has 0 spiro atoms. The Bertz CT molecular complexity index is 672. The van der Waals surface area contributed by atoms with Crippen LogP contribution in [0.2, 0.25) is 0 Å². The Morgan fingerprint density at radius 3 is 2.87 bits per heavy atom. The molecule has 1 N–H and O–H groups in total. The Balaban J connectivity index is 0.00000156. The monoisotopic (exact) mass is 332 g/mol. The van der Waals surface area contributed by atoms with E-state index in [1.54, 1.807) is 0 Å². The van der Waals surface area contributed by atoms with Crippen LogP contribution in [-0.4, -0.2) is 34.1 Å². The number of aromatic nitrogens is 1. The molecule has 2 aromatic rings. The molecule has 3 fully saturated rings. The van der Waals surface area contributed by atoms with Crippen molar-refractivity contribution in [2.45, 2.75) is 38.3 Å². The van der Waals surface area contributed by atoms with Gasteiger partial charge in [0, 0.05) is 24.2 Å². The van der Waals surface area contributed by atoms with Crippen molar-refractivity contribution in [2.24, 2.45) is 11.8 Å². The molecule has 3 nitrogen and oxygen atoms in total. The van der Waals surface area contributed by atoms with E-state index in [0.29, 0.717) is 0 Å². The normalized spacial score (nSPS) is 30.9. The number of aliphatic hydroxyl groups is 1. The highest BCUT2D eigenvalue weighted by Gasteiger charge is 2.42. The van der Waals surface area contributed by atoms with Crippen LogP contribution in [0.15, 0.2) is 36.5 Å². The van der Waals surface area contributed by atoms with E-state index < -0.39 is 6.10 Å². The Labute approximate surface area is 144 Å². The highest BCUT2D eigenvalue weighted by molar-refractivity contribution is 5.85. The summed E-state index contributed by atoms with van der Waals surface area (Å²) in [6.45, 7) is 4.60. The number of halogens is 1. The number of fused-ring (bicyclic) bond motifs is 4. The molecule has 3 aliphatic heterocycles. The Kier molecular flexibility index (Phi) is 4.90. The minimum Gasteiger partial charge on any atom is -0.387 e. The molecule has 124 valence electrons. The second-order valence-electron chi connectivity index (χ2n) is 6.88. The second-order valence-corrected chi connectivity index (χ2v) is 6.88. The van der Waals surface area contributed by atoms with Gasteiger partial charge in [0.1, 0.15) is 0 Å². The summed E-state index contributed by atoms with van der Waals surface area (Å²) >= 11 is 0. The van der Waals surface area contributed by atoms with Gasteiger partial charge in [-0.15, -0.1) is 12.4 Å². The maximum Gasteiger partial charge on any atom is 0.0952 e. The van der Waals surface area contributed by atoms with E-state index in [1.807, 2.05) is 30.5 Å². The fourth-order valence-electron chi connectivity index (χ4n) is 4.55. The Morgan fingerprint density at radius 2 is 2.13 bits per heavy atom. The van der Waals surface area contributed by atoms with Gasteiger partial charge in [0.15, 0.2) is 0 Å². The highest BCUT2D eigenvalue weighted by Crippen LogP contribution is 2.42. The molecule has 0 amide bonds. The van der Waals surface area contributed by atoms with Gasteiger partial charge in [-0.05, 0) is 48.9 Å². The fraction of sp³-hybridized carbons (Fsp3) is 0.526. The number of hydrogen-bond acceptors (Lipinski definition) is 3. The summed E-state index contributed by atoms with van der Waals surface area (Å²) in [4.78, 5) is 6.94. The first-order chi connectivity index (χ1) is 10.8. The van der Waals surface area contributed by atoms with Crippen molar-refractivity contribution in [3.63, 3.8) is 0 Å². The number of benzene rings is 1. The second kappa shape index (κ2) is 6.76. The van der Waals surface area contributed by atoms with E-state index in [0.717, 1.165) is 47.8 Å². The van der Waals surface area contributed by atoms with Crippen molar-refractivity contribution >= 4 is 23.3 Å². The highest BCUT2D eigenvalue weighted by atomic mass is 35.5. The first kappa shape index (κ1) is 16.7. The third-order valence-corrected chi connectivity index (χ3v) is 5.83. The van der Waals surface area contributed by atoms with Crippen molar-refractivity contribution < 1.29 is 5.11 Å². The van der Waals surface area contributed by atoms with Gasteiger partial charge in [-0.2, -0.15) is 0 Å². The SMILES string of the molecule is CC[C@H]1CN2CC[C@H]1C[C@H]2[C@H](O)c1ccnc2ccccc12.Cl. The summed E-state index contributed by atoms with van der Waals surface area (Å²) in [5, 5.41) is 12.1. The standard InChI is InChI=1S/C19H24N2O.ClH/c1-2-13-12-21-10-8-14(13)11-18(21)19(22)16-7-9-20-17-6-4-3-5-15(16)17;/h3-7,9,13-14,18-19,22H,2,8,10-12H2,1H3;1H/t13-,14-,18-,19+;/m0./s1. The number of pyridine rings is 1. The molecule has 5 rings (SSSR count). The molecule has 3 aliphatic rings. The smallest absolute Gasteiger partial charge is 0.0952 e. The van der Waals surface area contributed by atoms with Crippen molar-refractivity contribution in [1.82, 2.24) is 9.88 Å². The first-order valence-electron chi connectivity index (χ1n) is 8.53. The van der Waals surface area contributed by atoms with Gasteiger partial charge >= 0.3 is 0 Å². The largest absolute Gasteiger partial charge is 0.387 e. The summed E-state index contributed by atoms with van der Waals surface area (Å²) < 4.78 is 0. The van der Waals surface area contributed by atoms with E-state index in [4.69, 9.17) is 0 Å². The van der Waals surface area contributed by atoms with Crippen LogP contribution in [0.3, 0.4) is 0 Å². The van der Waals surface area contributed by atoms with Gasteiger partial charge in [0.25, 0.3) is 0 Å². The summed E-state index contributed by atoms with van der Waals surface area (Å²) in [6.07, 6.45) is 5.12. The summed E-state index contributed by atoms with van der Waals surface area (Å²) in [6, 6.07) is 10.4. The van der Waals surface area contributed by atoms with Gasteiger partial charge in [0.2, 0.25) is 0 Å². The van der Waals surface area contributed by atoms with E-state index in [-0.39, 0.29) is 18.4 Å². The molecular formula is C19H25ClN2O. The third kappa shape index (κ3) is 2.86. The molecule has 2 bridgehead atoms. The van der Waals surface area contributed by atoms with Crippen LogP contribution >= 0.6 is 12.4 Å². The number of hydrogen-bond donors (Lipinski definition) is 1. The molecule has 1 aromatic heterocycles. The summed E-state index contributed by atoms with van der Waals surface area (Å²) in [5.74, 6) is 1.62. The van der Waals surface area contributed by atoms with Gasteiger partial charge in [-0.3, -0.25) is 9.88 Å². The van der Waals surface area contributed by atoms with E-state index in [1.165, 1.54) is 12.8 Å². The van der Waals surface area contributed by atoms with Crippen LogP contribution in [-0.2, 0) is 0 Å². The number of para-hydroxylation sites is 1. The molecule has 4 heterocycles. The molecule has 5 atom stereocenters. The lowest BCUT2D eigenvalue weighted by molar-refractivity contribution is -0.0562. The number of nitrogens with zero attached hydrogens (tertiary/aromatic N) is 2. The summed E-state index contributed by atoms with van der Waals surface area (Å²) in [5.41, 5.74) is 2.01. The van der Waals surface area contributed by atoms with Crippen molar-refractivity contribution in [3.8, 4) is 0 Å². The zero-order valence-electron chi connectivity index (χ0n) is 13.6.